The van der Waals surface area contributed by atoms with Crippen molar-refractivity contribution in [1.82, 2.24) is 4.98 Å². The number of H-pyrrole nitrogens is 1. The van der Waals surface area contributed by atoms with E-state index in [4.69, 9.17) is 0 Å². The maximum atomic E-state index is 10.7. The van der Waals surface area contributed by atoms with Gasteiger partial charge in [0.25, 0.3) is 0 Å². The minimum absolute atomic E-state index is 0.0451. The number of hydrogen-bond donors (Lipinski definition) is 1. The molecule has 1 aromatic rings. The van der Waals surface area contributed by atoms with E-state index < -0.39 is 0 Å². The number of hydrogen-bond acceptors (Lipinski definition) is 1. The molecule has 0 saturated heterocycles. The summed E-state index contributed by atoms with van der Waals surface area (Å²) in [5.41, 5.74) is 0.657. The highest BCUT2D eigenvalue weighted by Crippen LogP contribution is 1.97. The Morgan fingerprint density at radius 1 is 1.78 bits per heavy atom. The quantitative estimate of drug-likeness (QED) is 0.465. The number of aromatic nitrogens is 1. The largest absolute Gasteiger partial charge is 0.367 e. The van der Waals surface area contributed by atoms with Gasteiger partial charge in [0.15, 0.2) is 5.78 Å². The van der Waals surface area contributed by atoms with Crippen LogP contribution in [0.5, 0.6) is 0 Å². The Bertz CT molecular complexity index is 211. The lowest BCUT2D eigenvalue weighted by Crippen LogP contribution is -1.88. The van der Waals surface area contributed by atoms with Gasteiger partial charge in [-0.2, -0.15) is 0 Å². The number of carbonyl (C=O) groups excluding carboxylic acids is 1. The van der Waals surface area contributed by atoms with Gasteiger partial charge in [-0.25, -0.2) is 0 Å². The molecule has 0 fully saturated rings. The summed E-state index contributed by atoms with van der Waals surface area (Å²) in [6.45, 7) is 3.35. The summed E-state index contributed by atoms with van der Waals surface area (Å²) in [6, 6.07) is 1.71. The van der Waals surface area contributed by atoms with E-state index in [1.54, 1.807) is 18.5 Å². The van der Waals surface area contributed by atoms with Gasteiger partial charge in [-0.3, -0.25) is 4.79 Å². The smallest absolute Gasteiger partial charge is 0.186 e. The van der Waals surface area contributed by atoms with Crippen molar-refractivity contribution in [3.8, 4) is 0 Å². The van der Waals surface area contributed by atoms with E-state index in [-0.39, 0.29) is 5.78 Å². The molecule has 2 heteroatoms. The van der Waals surface area contributed by atoms with Gasteiger partial charge in [0.1, 0.15) is 0 Å². The van der Waals surface area contributed by atoms with E-state index in [9.17, 15) is 4.79 Å². The van der Waals surface area contributed by atoms with Crippen LogP contribution in [0.4, 0.5) is 0 Å². The first-order valence-electron chi connectivity index (χ1n) is 2.64. The highest BCUT2D eigenvalue weighted by molar-refractivity contribution is 6.03. The van der Waals surface area contributed by atoms with Gasteiger partial charge >= 0.3 is 0 Å². The monoisotopic (exact) mass is 121 g/mol. The maximum absolute atomic E-state index is 10.7. The summed E-state index contributed by atoms with van der Waals surface area (Å²) in [7, 11) is 0. The third-order valence-electron chi connectivity index (χ3n) is 1.07. The van der Waals surface area contributed by atoms with Crippen LogP contribution in [-0.4, -0.2) is 10.8 Å². The van der Waals surface area contributed by atoms with Crippen molar-refractivity contribution in [1.29, 1.82) is 0 Å². The molecule has 1 aromatic heterocycles. The molecule has 9 heavy (non-hydrogen) atoms. The van der Waals surface area contributed by atoms with Crippen LogP contribution in [0.2, 0.25) is 0 Å². The van der Waals surface area contributed by atoms with Gasteiger partial charge in [-0.15, -0.1) is 0 Å². The molecule has 1 rings (SSSR count). The van der Waals surface area contributed by atoms with E-state index in [1.807, 2.05) is 0 Å². The van der Waals surface area contributed by atoms with Gasteiger partial charge in [-0.1, -0.05) is 6.58 Å². The van der Waals surface area contributed by atoms with Crippen LogP contribution in [0.1, 0.15) is 10.4 Å². The summed E-state index contributed by atoms with van der Waals surface area (Å²) in [5.74, 6) is -0.0451. The summed E-state index contributed by atoms with van der Waals surface area (Å²) in [6.07, 6.45) is 4.64. The standard InChI is InChI=1S/C7H7NO/c1-2-7(9)6-3-4-8-5-6/h2-5,8H,1H2. The van der Waals surface area contributed by atoms with Crippen LogP contribution in [0, 0.1) is 0 Å². The Balaban J connectivity index is 2.89. The first kappa shape index (κ1) is 5.82. The van der Waals surface area contributed by atoms with Gasteiger partial charge in [-0.05, 0) is 12.1 Å². The lowest BCUT2D eigenvalue weighted by Gasteiger charge is -1.82. The van der Waals surface area contributed by atoms with Crippen molar-refractivity contribution < 1.29 is 4.79 Å². The summed E-state index contributed by atoms with van der Waals surface area (Å²) in [4.78, 5) is 13.5. The number of allylic oxidation sites excluding steroid dienone is 1. The fourth-order valence-electron chi connectivity index (χ4n) is 0.595. The van der Waals surface area contributed by atoms with E-state index in [0.717, 1.165) is 0 Å². The number of aromatic amines is 1. The summed E-state index contributed by atoms with van der Waals surface area (Å²) >= 11 is 0. The Labute approximate surface area is 53.2 Å². The van der Waals surface area contributed by atoms with Crippen LogP contribution in [-0.2, 0) is 0 Å². The van der Waals surface area contributed by atoms with E-state index in [1.165, 1.54) is 6.08 Å². The molecular formula is C7H7NO. The van der Waals surface area contributed by atoms with Gasteiger partial charge in [0.05, 0.1) is 0 Å². The Morgan fingerprint density at radius 2 is 2.56 bits per heavy atom. The van der Waals surface area contributed by atoms with Gasteiger partial charge < -0.3 is 4.98 Å². The van der Waals surface area contributed by atoms with Crippen LogP contribution >= 0.6 is 0 Å². The summed E-state index contributed by atoms with van der Waals surface area (Å²) < 4.78 is 0. The molecule has 0 aliphatic rings. The number of carbonyl (C=O) groups is 1. The Kier molecular flexibility index (Phi) is 1.49. The predicted octanol–water partition coefficient (Wildman–Crippen LogP) is 1.38. The van der Waals surface area contributed by atoms with Crippen molar-refractivity contribution in [3.63, 3.8) is 0 Å². The van der Waals surface area contributed by atoms with Gasteiger partial charge in [0, 0.05) is 18.0 Å². The molecule has 0 aliphatic carbocycles. The molecule has 0 saturated carbocycles. The van der Waals surface area contributed by atoms with Crippen LogP contribution in [0.15, 0.2) is 31.1 Å². The number of nitrogens with one attached hydrogen (secondary N) is 1. The molecule has 46 valence electrons. The third-order valence-corrected chi connectivity index (χ3v) is 1.07. The first-order chi connectivity index (χ1) is 4.34. The second-order valence-corrected chi connectivity index (χ2v) is 1.67. The number of ketones is 1. The molecule has 0 aromatic carbocycles. The molecule has 0 aliphatic heterocycles. The van der Waals surface area contributed by atoms with Crippen molar-refractivity contribution in [2.24, 2.45) is 0 Å². The molecule has 1 N–H and O–H groups in total. The van der Waals surface area contributed by atoms with Crippen molar-refractivity contribution >= 4 is 5.78 Å². The fourth-order valence-corrected chi connectivity index (χ4v) is 0.595. The molecule has 0 spiro atoms. The zero-order valence-electron chi connectivity index (χ0n) is 4.92. The maximum Gasteiger partial charge on any atom is 0.186 e. The van der Waals surface area contributed by atoms with Crippen LogP contribution < -0.4 is 0 Å². The molecular weight excluding hydrogens is 114 g/mol. The lowest BCUT2D eigenvalue weighted by atomic mass is 10.2. The van der Waals surface area contributed by atoms with Crippen LogP contribution in [0.3, 0.4) is 0 Å². The molecule has 0 bridgehead atoms. The zero-order chi connectivity index (χ0) is 6.69. The first-order valence-corrected chi connectivity index (χ1v) is 2.64. The molecule has 1 heterocycles. The van der Waals surface area contributed by atoms with E-state index in [2.05, 4.69) is 11.6 Å². The highest BCUT2D eigenvalue weighted by atomic mass is 16.1. The molecule has 0 unspecified atom stereocenters. The van der Waals surface area contributed by atoms with Crippen molar-refractivity contribution in [3.05, 3.63) is 36.7 Å². The highest BCUT2D eigenvalue weighted by Gasteiger charge is 1.97. The zero-order valence-corrected chi connectivity index (χ0v) is 4.92. The second kappa shape index (κ2) is 2.31. The Hall–Kier alpha value is -1.31. The SMILES string of the molecule is C=CC(=O)c1cc[nH]c1. The van der Waals surface area contributed by atoms with E-state index in [0.29, 0.717) is 5.56 Å². The van der Waals surface area contributed by atoms with E-state index >= 15 is 0 Å². The molecule has 2 nitrogen and oxygen atoms in total. The van der Waals surface area contributed by atoms with Gasteiger partial charge in [0.2, 0.25) is 0 Å². The number of rotatable bonds is 2. The van der Waals surface area contributed by atoms with Crippen molar-refractivity contribution in [2.45, 2.75) is 0 Å². The normalized spacial score (nSPS) is 8.89. The lowest BCUT2D eigenvalue weighted by molar-refractivity contribution is 0.104. The molecule has 0 atom stereocenters. The Morgan fingerprint density at radius 3 is 3.00 bits per heavy atom. The minimum atomic E-state index is -0.0451. The minimum Gasteiger partial charge on any atom is -0.367 e. The molecule has 0 radical (unpaired) electrons. The molecule has 0 amide bonds. The average Bonchev–Trinajstić information content (AvgIpc) is 2.37. The predicted molar refractivity (Wildman–Crippen MR) is 35.3 cm³/mol. The van der Waals surface area contributed by atoms with Crippen LogP contribution in [0.25, 0.3) is 0 Å². The summed E-state index contributed by atoms with van der Waals surface area (Å²) in [5, 5.41) is 0. The third kappa shape index (κ3) is 1.08. The second-order valence-electron chi connectivity index (χ2n) is 1.67. The van der Waals surface area contributed by atoms with Crippen molar-refractivity contribution in [2.75, 3.05) is 0 Å². The average molecular weight is 121 g/mol. The fraction of sp³-hybridized carbons (Fsp3) is 0. The topological polar surface area (TPSA) is 32.9 Å².